The summed E-state index contributed by atoms with van der Waals surface area (Å²) in [4.78, 5) is 5.16. The molecule has 30 heavy (non-hydrogen) atoms. The molecule has 5 nitrogen and oxygen atoms in total. The van der Waals surface area contributed by atoms with Gasteiger partial charge in [-0.15, -0.1) is 0 Å². The summed E-state index contributed by atoms with van der Waals surface area (Å²) >= 11 is 0. The molecule has 166 valence electrons. The van der Waals surface area contributed by atoms with Crippen LogP contribution >= 0.6 is 0 Å². The van der Waals surface area contributed by atoms with E-state index in [9.17, 15) is 5.11 Å². The molecule has 2 aliphatic heterocycles. The second kappa shape index (κ2) is 11.6. The molecule has 0 saturated carbocycles. The van der Waals surface area contributed by atoms with E-state index in [2.05, 4.69) is 40.3 Å². The molecule has 2 fully saturated rings. The van der Waals surface area contributed by atoms with Gasteiger partial charge in [-0.2, -0.15) is 5.10 Å². The smallest absolute Gasteiger partial charge is 0.0968 e. The number of hydrogen-bond donors (Lipinski definition) is 1. The van der Waals surface area contributed by atoms with Crippen LogP contribution in [-0.4, -0.2) is 64.0 Å². The number of aryl methyl sites for hydroxylation is 1. The highest BCUT2D eigenvalue weighted by Crippen LogP contribution is 2.29. The largest absolute Gasteiger partial charge is 0.396 e. The van der Waals surface area contributed by atoms with Crippen molar-refractivity contribution in [3.63, 3.8) is 0 Å². The predicted molar refractivity (Wildman–Crippen MR) is 124 cm³/mol. The van der Waals surface area contributed by atoms with Crippen LogP contribution < -0.4 is 0 Å². The minimum Gasteiger partial charge on any atom is -0.396 e. The van der Waals surface area contributed by atoms with Gasteiger partial charge in [-0.05, 0) is 37.8 Å². The number of likely N-dealkylation sites (tertiary alicyclic amines) is 2. The highest BCUT2D eigenvalue weighted by Gasteiger charge is 2.34. The Morgan fingerprint density at radius 3 is 2.27 bits per heavy atom. The molecule has 0 amide bonds. The van der Waals surface area contributed by atoms with E-state index in [-0.39, 0.29) is 0 Å². The lowest BCUT2D eigenvalue weighted by Crippen LogP contribution is -2.34. The third kappa shape index (κ3) is 5.93. The second-order valence-electron chi connectivity index (χ2n) is 8.65. The lowest BCUT2D eigenvalue weighted by atomic mass is 9.96. The molecule has 5 heteroatoms. The Labute approximate surface area is 182 Å². The van der Waals surface area contributed by atoms with Crippen molar-refractivity contribution in [3.8, 4) is 11.3 Å². The Kier molecular flexibility index (Phi) is 8.91. The average molecular weight is 413 g/mol. The van der Waals surface area contributed by atoms with Crippen LogP contribution in [-0.2, 0) is 13.6 Å². The van der Waals surface area contributed by atoms with Crippen LogP contribution in [0.4, 0.5) is 0 Å². The van der Waals surface area contributed by atoms with Gasteiger partial charge in [-0.25, -0.2) is 0 Å². The zero-order chi connectivity index (χ0) is 21.3. The van der Waals surface area contributed by atoms with Gasteiger partial charge in [0.1, 0.15) is 0 Å². The first-order chi connectivity index (χ1) is 14.7. The van der Waals surface area contributed by atoms with Gasteiger partial charge < -0.3 is 10.0 Å². The maximum absolute atomic E-state index is 9.98. The van der Waals surface area contributed by atoms with Gasteiger partial charge in [0.15, 0.2) is 0 Å². The molecular weight excluding hydrogens is 372 g/mol. The number of aliphatic hydroxyl groups excluding tert-OH is 1. The molecule has 2 saturated heterocycles. The molecule has 1 aromatic heterocycles. The Bertz CT molecular complexity index is 737. The topological polar surface area (TPSA) is 44.5 Å². The van der Waals surface area contributed by atoms with Crippen LogP contribution in [0.2, 0.25) is 0 Å². The van der Waals surface area contributed by atoms with Gasteiger partial charge in [0.05, 0.1) is 5.69 Å². The highest BCUT2D eigenvalue weighted by atomic mass is 16.3. The van der Waals surface area contributed by atoms with Crippen molar-refractivity contribution in [1.82, 2.24) is 19.6 Å². The summed E-state index contributed by atoms with van der Waals surface area (Å²) < 4.78 is 1.92. The first-order valence-electron chi connectivity index (χ1n) is 11.9. The first-order valence-corrected chi connectivity index (χ1v) is 11.9. The summed E-state index contributed by atoms with van der Waals surface area (Å²) in [6, 6.07) is 10.5. The summed E-state index contributed by atoms with van der Waals surface area (Å²) in [6.45, 7) is 10.9. The molecule has 2 atom stereocenters. The average Bonchev–Trinajstić information content (AvgIpc) is 3.23. The molecule has 0 spiro atoms. The van der Waals surface area contributed by atoms with E-state index < -0.39 is 0 Å². The van der Waals surface area contributed by atoms with Crippen molar-refractivity contribution >= 4 is 0 Å². The molecule has 1 N–H and O–H groups in total. The van der Waals surface area contributed by atoms with Crippen LogP contribution in [0.3, 0.4) is 0 Å². The number of hydrogen-bond acceptors (Lipinski definition) is 4. The van der Waals surface area contributed by atoms with E-state index in [4.69, 9.17) is 5.10 Å². The van der Waals surface area contributed by atoms with Crippen LogP contribution in [0, 0.1) is 11.8 Å². The lowest BCUT2D eigenvalue weighted by Gasteiger charge is -2.26. The van der Waals surface area contributed by atoms with E-state index in [1.807, 2.05) is 31.6 Å². The molecule has 2 aliphatic rings. The molecule has 3 heterocycles. The summed E-state index contributed by atoms with van der Waals surface area (Å²) in [7, 11) is 2.00. The van der Waals surface area contributed by atoms with E-state index in [1.54, 1.807) is 0 Å². The minimum atomic E-state index is 0.299. The quantitative estimate of drug-likeness (QED) is 0.778. The zero-order valence-corrected chi connectivity index (χ0v) is 19.1. The number of aliphatic hydroxyl groups is 1. The monoisotopic (exact) mass is 412 g/mol. The Balaban J connectivity index is 0.00000124. The minimum absolute atomic E-state index is 0.299. The third-order valence-corrected chi connectivity index (χ3v) is 6.42. The number of rotatable bonds is 6. The zero-order valence-electron chi connectivity index (χ0n) is 19.1. The van der Waals surface area contributed by atoms with Gasteiger partial charge >= 0.3 is 0 Å². The molecule has 0 bridgehead atoms. The van der Waals surface area contributed by atoms with Crippen LogP contribution in [0.1, 0.15) is 45.1 Å². The fourth-order valence-corrected chi connectivity index (χ4v) is 4.96. The molecule has 4 rings (SSSR count). The van der Waals surface area contributed by atoms with Gasteiger partial charge in [0.2, 0.25) is 0 Å². The molecular formula is C25H40N4O. The normalized spacial score (nSPS) is 23.1. The van der Waals surface area contributed by atoms with Gasteiger partial charge in [0.25, 0.3) is 0 Å². The van der Waals surface area contributed by atoms with Gasteiger partial charge in [-0.1, -0.05) is 57.0 Å². The molecule has 2 aromatic rings. The summed E-state index contributed by atoms with van der Waals surface area (Å²) in [5.74, 6) is 0.958. The fraction of sp³-hybridized carbons (Fsp3) is 0.640. The van der Waals surface area contributed by atoms with E-state index in [0.717, 1.165) is 31.9 Å². The van der Waals surface area contributed by atoms with Crippen molar-refractivity contribution < 1.29 is 5.11 Å². The lowest BCUT2D eigenvalue weighted by molar-refractivity contribution is 0.165. The van der Waals surface area contributed by atoms with Crippen molar-refractivity contribution in [2.45, 2.75) is 46.1 Å². The molecule has 0 radical (unpaired) electrons. The fourth-order valence-electron chi connectivity index (χ4n) is 4.96. The van der Waals surface area contributed by atoms with Gasteiger partial charge in [0, 0.05) is 57.2 Å². The summed E-state index contributed by atoms with van der Waals surface area (Å²) in [5, 5.41) is 14.7. The van der Waals surface area contributed by atoms with E-state index in [0.29, 0.717) is 18.4 Å². The number of aromatic nitrogens is 2. The maximum atomic E-state index is 9.98. The maximum Gasteiger partial charge on any atom is 0.0968 e. The third-order valence-electron chi connectivity index (χ3n) is 6.42. The molecule has 1 aromatic carbocycles. The standard InChI is InChI=1S/C23H34N4O.C2H6/c1-25-13-21(23(24-25)19-9-5-4-6-10-19)16-27-15-20(22(17-27)18-28)14-26-11-7-2-3-8-12-26;1-2/h4-6,9-10,13,20,22,28H,2-3,7-8,11-12,14-18H2,1H3;1-2H3. The van der Waals surface area contributed by atoms with Crippen molar-refractivity contribution in [1.29, 1.82) is 0 Å². The SMILES string of the molecule is CC.Cn1cc(CN2CC(CO)C(CN3CCCCCC3)C2)c(-c2ccccc2)n1. The van der Waals surface area contributed by atoms with Crippen molar-refractivity contribution in [2.24, 2.45) is 18.9 Å². The van der Waals surface area contributed by atoms with E-state index >= 15 is 0 Å². The summed E-state index contributed by atoms with van der Waals surface area (Å²) in [6.07, 6.45) is 7.56. The van der Waals surface area contributed by atoms with Crippen molar-refractivity contribution in [3.05, 3.63) is 42.1 Å². The number of nitrogens with zero attached hydrogens (tertiary/aromatic N) is 4. The van der Waals surface area contributed by atoms with Crippen LogP contribution in [0.25, 0.3) is 11.3 Å². The first kappa shape index (κ1) is 23.0. The predicted octanol–water partition coefficient (Wildman–Crippen LogP) is 4.03. The second-order valence-corrected chi connectivity index (χ2v) is 8.65. The molecule has 0 aliphatic carbocycles. The Hall–Kier alpha value is -1.69. The molecule has 2 unspecified atom stereocenters. The Morgan fingerprint density at radius 1 is 0.933 bits per heavy atom. The van der Waals surface area contributed by atoms with Crippen LogP contribution in [0.15, 0.2) is 36.5 Å². The summed E-state index contributed by atoms with van der Waals surface area (Å²) in [5.41, 5.74) is 3.54. The van der Waals surface area contributed by atoms with Crippen molar-refractivity contribution in [2.75, 3.05) is 39.3 Å². The highest BCUT2D eigenvalue weighted by molar-refractivity contribution is 5.62. The number of benzene rings is 1. The Morgan fingerprint density at radius 2 is 1.60 bits per heavy atom. The van der Waals surface area contributed by atoms with E-state index in [1.165, 1.54) is 49.9 Å². The van der Waals surface area contributed by atoms with Gasteiger partial charge in [-0.3, -0.25) is 9.58 Å². The van der Waals surface area contributed by atoms with Crippen LogP contribution in [0.5, 0.6) is 0 Å².